The van der Waals surface area contributed by atoms with Gasteiger partial charge in [0.2, 0.25) is 0 Å². The van der Waals surface area contributed by atoms with Crippen LogP contribution in [0.25, 0.3) is 0 Å². The van der Waals surface area contributed by atoms with E-state index in [-0.39, 0.29) is 12.3 Å². The van der Waals surface area contributed by atoms with Crippen molar-refractivity contribution >= 4 is 23.3 Å². The number of carbonyl (C=O) groups excluding carboxylic acids is 2. The molecule has 0 bridgehead atoms. The fourth-order valence-corrected chi connectivity index (χ4v) is 2.01. The summed E-state index contributed by atoms with van der Waals surface area (Å²) in [4.78, 5) is 24.1. The van der Waals surface area contributed by atoms with Gasteiger partial charge in [-0.2, -0.15) is 5.11 Å². The lowest BCUT2D eigenvalue weighted by Gasteiger charge is -2.19. The predicted octanol–water partition coefficient (Wildman–Crippen LogP) is 3.88. The van der Waals surface area contributed by atoms with Crippen molar-refractivity contribution in [2.24, 2.45) is 10.2 Å². The molecule has 0 aliphatic rings. The first kappa shape index (κ1) is 19.1. The molecule has 26 heavy (non-hydrogen) atoms. The molecule has 2 rings (SSSR count). The molecular weight excluding hydrogens is 334 g/mol. The highest BCUT2D eigenvalue weighted by Crippen LogP contribution is 2.23. The molecule has 0 unspecified atom stereocenters. The lowest BCUT2D eigenvalue weighted by molar-refractivity contribution is -0.153. The van der Waals surface area contributed by atoms with Crippen molar-refractivity contribution in [3.8, 4) is 5.75 Å². The van der Waals surface area contributed by atoms with Gasteiger partial charge in [-0.25, -0.2) is 0 Å². The Hall–Kier alpha value is -3.22. The normalized spacial score (nSPS) is 11.3. The third-order valence-electron chi connectivity index (χ3n) is 3.08. The summed E-state index contributed by atoms with van der Waals surface area (Å²) in [7, 11) is 0. The van der Waals surface area contributed by atoms with Crippen LogP contribution in [0.3, 0.4) is 0 Å². The Morgan fingerprint density at radius 1 is 1.04 bits per heavy atom. The fraction of sp³-hybridized carbons (Fsp3) is 0.263. The smallest absolute Gasteiger partial charge is 0.325 e. The van der Waals surface area contributed by atoms with Crippen molar-refractivity contribution in [2.45, 2.75) is 26.4 Å². The number of hydrogen-bond acceptors (Lipinski definition) is 6. The zero-order valence-electron chi connectivity index (χ0n) is 14.9. The number of aromatic hydroxyl groups is 1. The number of phenolic OH excluding ortho intramolecular Hbond substituents is 1. The summed E-state index contributed by atoms with van der Waals surface area (Å²) in [6, 6.07) is 12.9. The topological polar surface area (TPSA) is 100 Å². The minimum atomic E-state index is -0.613. The van der Waals surface area contributed by atoms with Gasteiger partial charge in [0.15, 0.2) is 0 Å². The van der Waals surface area contributed by atoms with Crippen molar-refractivity contribution in [3.05, 3.63) is 54.1 Å². The lowest BCUT2D eigenvalue weighted by atomic mass is 10.1. The molecule has 0 aliphatic heterocycles. The third-order valence-corrected chi connectivity index (χ3v) is 3.08. The first-order valence-electron chi connectivity index (χ1n) is 8.04. The summed E-state index contributed by atoms with van der Waals surface area (Å²) >= 11 is 0. The van der Waals surface area contributed by atoms with E-state index in [1.54, 1.807) is 57.2 Å². The Balaban J connectivity index is 2.06. The van der Waals surface area contributed by atoms with Gasteiger partial charge in [0.05, 0.1) is 16.9 Å². The van der Waals surface area contributed by atoms with Gasteiger partial charge in [0.1, 0.15) is 17.9 Å². The number of hydrogen-bond donors (Lipinski definition) is 2. The van der Waals surface area contributed by atoms with Gasteiger partial charge in [0, 0.05) is 0 Å². The molecule has 0 heterocycles. The van der Waals surface area contributed by atoms with Crippen LogP contribution < -0.4 is 5.32 Å². The molecule has 0 saturated carbocycles. The number of phenols is 1. The summed E-state index contributed by atoms with van der Waals surface area (Å²) in [6.45, 7) is 5.03. The lowest BCUT2D eigenvalue weighted by Crippen LogP contribution is -2.34. The van der Waals surface area contributed by atoms with E-state index < -0.39 is 17.5 Å². The molecule has 0 aromatic heterocycles. The highest BCUT2D eigenvalue weighted by Gasteiger charge is 2.18. The highest BCUT2D eigenvalue weighted by atomic mass is 16.6. The molecule has 0 saturated heterocycles. The monoisotopic (exact) mass is 355 g/mol. The first-order valence-corrected chi connectivity index (χ1v) is 8.04. The van der Waals surface area contributed by atoms with Crippen molar-refractivity contribution in [3.63, 3.8) is 0 Å². The van der Waals surface area contributed by atoms with Gasteiger partial charge < -0.3 is 15.2 Å². The summed E-state index contributed by atoms with van der Waals surface area (Å²) < 4.78 is 5.15. The van der Waals surface area contributed by atoms with Crippen LogP contribution in [0.15, 0.2) is 58.8 Å². The Morgan fingerprint density at radius 2 is 1.69 bits per heavy atom. The fourth-order valence-electron chi connectivity index (χ4n) is 2.01. The SMILES string of the molecule is CC(C)(C)OC(=O)CNC(=O)c1ccccc1/N=N/c1ccc(O)cc1. The molecule has 0 aliphatic carbocycles. The number of rotatable bonds is 5. The molecule has 0 radical (unpaired) electrons. The largest absolute Gasteiger partial charge is 0.508 e. The van der Waals surface area contributed by atoms with Gasteiger partial charge in [-0.05, 0) is 57.2 Å². The number of benzene rings is 2. The number of ether oxygens (including phenoxy) is 1. The summed E-state index contributed by atoms with van der Waals surface area (Å²) in [5.74, 6) is -0.837. The number of nitrogens with zero attached hydrogens (tertiary/aromatic N) is 2. The maximum Gasteiger partial charge on any atom is 0.325 e. The number of amides is 1. The van der Waals surface area contributed by atoms with Crippen molar-refractivity contribution in [2.75, 3.05) is 6.54 Å². The molecule has 0 spiro atoms. The summed E-state index contributed by atoms with van der Waals surface area (Å²) in [5, 5.41) is 19.9. The van der Waals surface area contributed by atoms with Gasteiger partial charge in [-0.1, -0.05) is 12.1 Å². The Morgan fingerprint density at radius 3 is 2.35 bits per heavy atom. The zero-order chi connectivity index (χ0) is 19.2. The van der Waals surface area contributed by atoms with E-state index in [2.05, 4.69) is 15.5 Å². The zero-order valence-corrected chi connectivity index (χ0v) is 14.9. The average molecular weight is 355 g/mol. The molecule has 136 valence electrons. The van der Waals surface area contributed by atoms with Crippen LogP contribution in [-0.4, -0.2) is 29.1 Å². The highest BCUT2D eigenvalue weighted by molar-refractivity contribution is 6.00. The number of esters is 1. The van der Waals surface area contributed by atoms with E-state index in [0.717, 1.165) is 0 Å². The Kier molecular flexibility index (Phi) is 6.06. The van der Waals surface area contributed by atoms with Crippen LogP contribution in [0.1, 0.15) is 31.1 Å². The van der Waals surface area contributed by atoms with Gasteiger partial charge in [-0.15, -0.1) is 5.11 Å². The Bertz CT molecular complexity index is 808. The van der Waals surface area contributed by atoms with Crippen LogP contribution in [-0.2, 0) is 9.53 Å². The van der Waals surface area contributed by atoms with E-state index in [9.17, 15) is 14.7 Å². The van der Waals surface area contributed by atoms with Crippen LogP contribution in [0, 0.1) is 0 Å². The van der Waals surface area contributed by atoms with Crippen molar-refractivity contribution < 1.29 is 19.4 Å². The molecule has 0 fully saturated rings. The average Bonchev–Trinajstić information content (AvgIpc) is 2.58. The molecule has 0 atom stereocenters. The van der Waals surface area contributed by atoms with E-state index in [1.165, 1.54) is 12.1 Å². The third kappa shape index (κ3) is 6.01. The molecule has 2 aromatic rings. The van der Waals surface area contributed by atoms with E-state index >= 15 is 0 Å². The van der Waals surface area contributed by atoms with Gasteiger partial charge >= 0.3 is 5.97 Å². The van der Waals surface area contributed by atoms with Crippen LogP contribution in [0.5, 0.6) is 5.75 Å². The number of azo groups is 1. The molecule has 2 N–H and O–H groups in total. The number of carbonyl (C=O) groups is 2. The van der Waals surface area contributed by atoms with Crippen LogP contribution in [0.2, 0.25) is 0 Å². The van der Waals surface area contributed by atoms with E-state index in [0.29, 0.717) is 16.9 Å². The minimum Gasteiger partial charge on any atom is -0.508 e. The van der Waals surface area contributed by atoms with E-state index in [1.807, 2.05) is 0 Å². The molecule has 7 heteroatoms. The van der Waals surface area contributed by atoms with Crippen LogP contribution in [0.4, 0.5) is 11.4 Å². The molecular formula is C19H21N3O4. The first-order chi connectivity index (χ1) is 12.2. The predicted molar refractivity (Wildman–Crippen MR) is 96.9 cm³/mol. The molecule has 7 nitrogen and oxygen atoms in total. The van der Waals surface area contributed by atoms with E-state index in [4.69, 9.17) is 4.74 Å². The van der Waals surface area contributed by atoms with Crippen LogP contribution >= 0.6 is 0 Å². The molecule has 2 aromatic carbocycles. The maximum atomic E-state index is 12.3. The number of nitrogens with one attached hydrogen (secondary N) is 1. The standard InChI is InChI=1S/C19H21N3O4/c1-19(2,3)26-17(24)12-20-18(25)15-6-4-5-7-16(15)22-21-13-8-10-14(23)11-9-13/h4-11,23H,12H2,1-3H3,(H,20,25)/b22-21+. The second-order valence-corrected chi connectivity index (χ2v) is 6.50. The second-order valence-electron chi connectivity index (χ2n) is 6.50. The summed E-state index contributed by atoms with van der Waals surface area (Å²) in [5.41, 5.74) is 0.575. The van der Waals surface area contributed by atoms with Crippen molar-refractivity contribution in [1.29, 1.82) is 0 Å². The second kappa shape index (κ2) is 8.24. The Labute approximate surface area is 151 Å². The van der Waals surface area contributed by atoms with Crippen molar-refractivity contribution in [1.82, 2.24) is 5.32 Å². The summed E-state index contributed by atoms with van der Waals surface area (Å²) in [6.07, 6.45) is 0. The molecule has 1 amide bonds. The van der Waals surface area contributed by atoms with Gasteiger partial charge in [0.25, 0.3) is 5.91 Å². The maximum absolute atomic E-state index is 12.3. The quantitative estimate of drug-likeness (QED) is 0.628. The van der Waals surface area contributed by atoms with Gasteiger partial charge in [-0.3, -0.25) is 9.59 Å². The minimum absolute atomic E-state index is 0.130.